The van der Waals surface area contributed by atoms with Gasteiger partial charge in [-0.15, -0.1) is 0 Å². The molecular weight excluding hydrogens is 352 g/mol. The quantitative estimate of drug-likeness (QED) is 0.837. The Bertz CT molecular complexity index is 908. The van der Waals surface area contributed by atoms with Gasteiger partial charge in [-0.05, 0) is 34.4 Å². The topological polar surface area (TPSA) is 75.7 Å². The zero-order valence-electron chi connectivity index (χ0n) is 14.9. The fraction of sp³-hybridized carbons (Fsp3) is 0.316. The SMILES string of the molecule is CN(CC(=O)NCc1ccc(-c2ccc3c(c2)CCO3)cc1)S(C)(=O)=O. The number of carbonyl (C=O) groups excluding carboxylic acids is 1. The number of ether oxygens (including phenoxy) is 1. The Labute approximate surface area is 153 Å². The Morgan fingerprint density at radius 2 is 1.85 bits per heavy atom. The average Bonchev–Trinajstić information content (AvgIpc) is 3.07. The molecule has 0 unspecified atom stereocenters. The molecule has 1 aliphatic rings. The molecule has 0 saturated carbocycles. The largest absolute Gasteiger partial charge is 0.493 e. The van der Waals surface area contributed by atoms with E-state index in [-0.39, 0.29) is 12.5 Å². The van der Waals surface area contributed by atoms with Crippen LogP contribution in [0.2, 0.25) is 0 Å². The first kappa shape index (κ1) is 18.4. The van der Waals surface area contributed by atoms with Gasteiger partial charge in [-0.3, -0.25) is 4.79 Å². The Morgan fingerprint density at radius 3 is 2.54 bits per heavy atom. The van der Waals surface area contributed by atoms with E-state index in [0.717, 1.165) is 46.0 Å². The molecule has 7 heteroatoms. The molecule has 1 heterocycles. The van der Waals surface area contributed by atoms with Crippen LogP contribution in [0.1, 0.15) is 11.1 Å². The number of likely N-dealkylation sites (N-methyl/N-ethyl adjacent to an activating group) is 1. The first-order valence-electron chi connectivity index (χ1n) is 8.36. The standard InChI is InChI=1S/C19H22N2O4S/c1-21(26(2,23)24)13-19(22)20-12-14-3-5-15(6-4-14)16-7-8-18-17(11-16)9-10-25-18/h3-8,11H,9-10,12-13H2,1-2H3,(H,20,22). The molecule has 0 saturated heterocycles. The van der Waals surface area contributed by atoms with Crippen LogP contribution in [0.5, 0.6) is 5.75 Å². The highest BCUT2D eigenvalue weighted by Crippen LogP contribution is 2.30. The Balaban J connectivity index is 1.59. The molecule has 3 rings (SSSR count). The van der Waals surface area contributed by atoms with Crippen molar-refractivity contribution in [3.8, 4) is 16.9 Å². The molecule has 1 N–H and O–H groups in total. The monoisotopic (exact) mass is 374 g/mol. The van der Waals surface area contributed by atoms with Gasteiger partial charge in [-0.1, -0.05) is 30.3 Å². The van der Waals surface area contributed by atoms with Crippen molar-refractivity contribution in [2.75, 3.05) is 26.5 Å². The Morgan fingerprint density at radius 1 is 1.15 bits per heavy atom. The van der Waals surface area contributed by atoms with E-state index in [9.17, 15) is 13.2 Å². The summed E-state index contributed by atoms with van der Waals surface area (Å²) in [6, 6.07) is 14.1. The Hall–Kier alpha value is -2.38. The fourth-order valence-electron chi connectivity index (χ4n) is 2.76. The van der Waals surface area contributed by atoms with E-state index in [1.54, 1.807) is 0 Å². The second-order valence-electron chi connectivity index (χ2n) is 6.41. The van der Waals surface area contributed by atoms with Crippen LogP contribution in [0.25, 0.3) is 11.1 Å². The second-order valence-corrected chi connectivity index (χ2v) is 8.50. The van der Waals surface area contributed by atoms with Gasteiger partial charge in [0.2, 0.25) is 15.9 Å². The molecule has 138 valence electrons. The van der Waals surface area contributed by atoms with Crippen molar-refractivity contribution in [3.05, 3.63) is 53.6 Å². The number of hydrogen-bond acceptors (Lipinski definition) is 4. The highest BCUT2D eigenvalue weighted by Gasteiger charge is 2.15. The van der Waals surface area contributed by atoms with E-state index >= 15 is 0 Å². The maximum absolute atomic E-state index is 11.8. The summed E-state index contributed by atoms with van der Waals surface area (Å²) in [5.74, 6) is 0.632. The van der Waals surface area contributed by atoms with Crippen LogP contribution >= 0.6 is 0 Å². The summed E-state index contributed by atoms with van der Waals surface area (Å²) >= 11 is 0. The number of fused-ring (bicyclic) bond motifs is 1. The van der Waals surface area contributed by atoms with Crippen molar-refractivity contribution in [1.82, 2.24) is 9.62 Å². The zero-order valence-corrected chi connectivity index (χ0v) is 15.7. The summed E-state index contributed by atoms with van der Waals surface area (Å²) in [6.45, 7) is 0.912. The molecule has 0 aromatic heterocycles. The molecule has 0 radical (unpaired) electrons. The summed E-state index contributed by atoms with van der Waals surface area (Å²) in [4.78, 5) is 11.8. The maximum Gasteiger partial charge on any atom is 0.235 e. The van der Waals surface area contributed by atoms with E-state index in [2.05, 4.69) is 11.4 Å². The summed E-state index contributed by atoms with van der Waals surface area (Å²) < 4.78 is 29.2. The predicted molar refractivity (Wildman–Crippen MR) is 100 cm³/mol. The van der Waals surface area contributed by atoms with Crippen molar-refractivity contribution in [2.45, 2.75) is 13.0 Å². The minimum atomic E-state index is -3.36. The maximum atomic E-state index is 11.8. The number of carbonyl (C=O) groups is 1. The number of amides is 1. The van der Waals surface area contributed by atoms with Gasteiger partial charge in [0.15, 0.2) is 0 Å². The summed E-state index contributed by atoms with van der Waals surface area (Å²) in [5, 5.41) is 2.73. The molecule has 2 aromatic rings. The number of benzene rings is 2. The van der Waals surface area contributed by atoms with Gasteiger partial charge in [0.1, 0.15) is 5.75 Å². The van der Waals surface area contributed by atoms with Crippen LogP contribution in [-0.2, 0) is 27.8 Å². The third-order valence-corrected chi connectivity index (χ3v) is 5.66. The average molecular weight is 374 g/mol. The summed E-state index contributed by atoms with van der Waals surface area (Å²) in [5.41, 5.74) is 4.42. The van der Waals surface area contributed by atoms with Gasteiger partial charge in [0.25, 0.3) is 0 Å². The van der Waals surface area contributed by atoms with Crippen molar-refractivity contribution < 1.29 is 17.9 Å². The van der Waals surface area contributed by atoms with Crippen LogP contribution < -0.4 is 10.1 Å². The third kappa shape index (κ3) is 4.42. The highest BCUT2D eigenvalue weighted by molar-refractivity contribution is 7.88. The number of sulfonamides is 1. The number of hydrogen-bond donors (Lipinski definition) is 1. The molecule has 1 amide bonds. The van der Waals surface area contributed by atoms with Gasteiger partial charge < -0.3 is 10.1 Å². The van der Waals surface area contributed by atoms with E-state index in [1.807, 2.05) is 36.4 Å². The lowest BCUT2D eigenvalue weighted by Gasteiger charge is -2.13. The van der Waals surface area contributed by atoms with E-state index in [4.69, 9.17) is 4.74 Å². The van der Waals surface area contributed by atoms with Crippen LogP contribution in [0.15, 0.2) is 42.5 Å². The molecule has 0 spiro atoms. The number of nitrogens with one attached hydrogen (secondary N) is 1. The summed E-state index contributed by atoms with van der Waals surface area (Å²) in [7, 11) is -1.98. The van der Waals surface area contributed by atoms with Gasteiger partial charge in [-0.25, -0.2) is 8.42 Å². The van der Waals surface area contributed by atoms with Crippen molar-refractivity contribution in [1.29, 1.82) is 0 Å². The van der Waals surface area contributed by atoms with Crippen molar-refractivity contribution in [2.24, 2.45) is 0 Å². The molecule has 2 aromatic carbocycles. The molecule has 26 heavy (non-hydrogen) atoms. The minimum absolute atomic E-state index is 0.186. The molecule has 0 fully saturated rings. The fourth-order valence-corrected chi connectivity index (χ4v) is 3.11. The van der Waals surface area contributed by atoms with Crippen LogP contribution in [0.3, 0.4) is 0 Å². The van der Waals surface area contributed by atoms with Crippen molar-refractivity contribution >= 4 is 15.9 Å². The van der Waals surface area contributed by atoms with Crippen LogP contribution in [0.4, 0.5) is 0 Å². The van der Waals surface area contributed by atoms with E-state index in [1.165, 1.54) is 12.6 Å². The predicted octanol–water partition coefficient (Wildman–Crippen LogP) is 1.80. The van der Waals surface area contributed by atoms with E-state index < -0.39 is 10.0 Å². The second kappa shape index (κ2) is 7.47. The van der Waals surface area contributed by atoms with Crippen molar-refractivity contribution in [3.63, 3.8) is 0 Å². The molecule has 0 aliphatic carbocycles. The molecule has 0 atom stereocenters. The minimum Gasteiger partial charge on any atom is -0.493 e. The molecule has 0 bridgehead atoms. The zero-order chi connectivity index (χ0) is 18.7. The molecule has 1 aliphatic heterocycles. The lowest BCUT2D eigenvalue weighted by molar-refractivity contribution is -0.121. The van der Waals surface area contributed by atoms with Crippen LogP contribution in [-0.4, -0.2) is 45.1 Å². The van der Waals surface area contributed by atoms with Gasteiger partial charge >= 0.3 is 0 Å². The smallest absolute Gasteiger partial charge is 0.235 e. The van der Waals surface area contributed by atoms with Gasteiger partial charge in [-0.2, -0.15) is 4.31 Å². The third-order valence-electron chi connectivity index (χ3n) is 4.40. The first-order chi connectivity index (χ1) is 12.3. The van der Waals surface area contributed by atoms with Crippen LogP contribution in [0, 0.1) is 0 Å². The Kier molecular flexibility index (Phi) is 5.29. The molecular formula is C19H22N2O4S. The highest BCUT2D eigenvalue weighted by atomic mass is 32.2. The normalized spacial score (nSPS) is 13.3. The first-order valence-corrected chi connectivity index (χ1v) is 10.2. The van der Waals surface area contributed by atoms with Gasteiger partial charge in [0, 0.05) is 20.0 Å². The number of nitrogens with zero attached hydrogens (tertiary/aromatic N) is 1. The summed E-state index contributed by atoms with van der Waals surface area (Å²) in [6.07, 6.45) is 2.01. The molecule has 6 nitrogen and oxygen atoms in total. The van der Waals surface area contributed by atoms with E-state index in [0.29, 0.717) is 6.54 Å². The lowest BCUT2D eigenvalue weighted by Crippen LogP contribution is -2.37. The van der Waals surface area contributed by atoms with Gasteiger partial charge in [0.05, 0.1) is 19.4 Å². The lowest BCUT2D eigenvalue weighted by atomic mass is 10.0. The number of rotatable bonds is 6.